The monoisotopic (exact) mass is 231 g/mol. The minimum atomic E-state index is -0.919. The fourth-order valence-electron chi connectivity index (χ4n) is 0.874. The van der Waals surface area contributed by atoms with Crippen LogP contribution in [0.5, 0.6) is 0 Å². The van der Waals surface area contributed by atoms with E-state index in [-0.39, 0.29) is 18.8 Å². The summed E-state index contributed by atoms with van der Waals surface area (Å²) in [6.45, 7) is 4.72. The van der Waals surface area contributed by atoms with Gasteiger partial charge in [-0.25, -0.2) is 0 Å². The van der Waals surface area contributed by atoms with E-state index >= 15 is 0 Å². The molecule has 0 saturated heterocycles. The second kappa shape index (κ2) is 6.81. The van der Waals surface area contributed by atoms with E-state index in [1.165, 1.54) is 6.92 Å². The summed E-state index contributed by atoms with van der Waals surface area (Å²) >= 11 is 0. The van der Waals surface area contributed by atoms with Gasteiger partial charge in [0.1, 0.15) is 0 Å². The number of esters is 2. The summed E-state index contributed by atoms with van der Waals surface area (Å²) in [6.07, 6.45) is -1.11. The summed E-state index contributed by atoms with van der Waals surface area (Å²) in [4.78, 5) is 32.4. The van der Waals surface area contributed by atoms with Crippen LogP contribution in [0.15, 0.2) is 0 Å². The third kappa shape index (κ3) is 6.80. The van der Waals surface area contributed by atoms with Crippen LogP contribution in [0.25, 0.3) is 0 Å². The van der Waals surface area contributed by atoms with Crippen LogP contribution in [-0.4, -0.2) is 24.1 Å². The van der Waals surface area contributed by atoms with Crippen molar-refractivity contribution in [2.24, 2.45) is 11.7 Å². The second-order valence-corrected chi connectivity index (χ2v) is 3.68. The Morgan fingerprint density at radius 2 is 1.69 bits per heavy atom. The van der Waals surface area contributed by atoms with Gasteiger partial charge in [-0.2, -0.15) is 0 Å². The molecule has 2 N–H and O–H groups in total. The van der Waals surface area contributed by atoms with Crippen LogP contribution >= 0.6 is 0 Å². The van der Waals surface area contributed by atoms with E-state index in [2.05, 4.69) is 0 Å². The molecule has 0 spiro atoms. The van der Waals surface area contributed by atoms with Crippen molar-refractivity contribution in [3.05, 3.63) is 0 Å². The minimum Gasteiger partial charge on any atom is -0.425 e. The third-order valence-electron chi connectivity index (χ3n) is 1.65. The Morgan fingerprint density at radius 3 is 2.06 bits per heavy atom. The number of carbonyl (C=O) groups excluding carboxylic acids is 3. The fraction of sp³-hybridized carbons (Fsp3) is 0.700. The first-order valence-corrected chi connectivity index (χ1v) is 4.98. The van der Waals surface area contributed by atoms with E-state index in [9.17, 15) is 14.4 Å². The topological polar surface area (TPSA) is 95.7 Å². The SMILES string of the molecule is CC(=O)OC(OC(=O)CCC(N)=O)C(C)C. The molecule has 0 aliphatic rings. The zero-order chi connectivity index (χ0) is 12.7. The number of primary amides is 1. The van der Waals surface area contributed by atoms with Gasteiger partial charge in [0.2, 0.25) is 12.2 Å². The van der Waals surface area contributed by atoms with E-state index in [0.717, 1.165) is 0 Å². The Balaban J connectivity index is 4.13. The highest BCUT2D eigenvalue weighted by atomic mass is 16.7. The van der Waals surface area contributed by atoms with Crippen molar-refractivity contribution in [1.29, 1.82) is 0 Å². The smallest absolute Gasteiger partial charge is 0.309 e. The molecule has 0 aliphatic heterocycles. The van der Waals surface area contributed by atoms with Crippen molar-refractivity contribution < 1.29 is 23.9 Å². The van der Waals surface area contributed by atoms with Gasteiger partial charge >= 0.3 is 11.9 Å². The molecule has 1 atom stereocenters. The maximum absolute atomic E-state index is 11.2. The van der Waals surface area contributed by atoms with Crippen LogP contribution in [0.2, 0.25) is 0 Å². The molecule has 0 bridgehead atoms. The number of amides is 1. The van der Waals surface area contributed by atoms with Gasteiger partial charge in [0.15, 0.2) is 0 Å². The normalized spacial score (nSPS) is 12.0. The lowest BCUT2D eigenvalue weighted by Gasteiger charge is -2.20. The maximum Gasteiger partial charge on any atom is 0.309 e. The maximum atomic E-state index is 11.2. The first kappa shape index (κ1) is 14.4. The second-order valence-electron chi connectivity index (χ2n) is 3.68. The zero-order valence-corrected chi connectivity index (χ0v) is 9.69. The van der Waals surface area contributed by atoms with Gasteiger partial charge in [-0.05, 0) is 0 Å². The average Bonchev–Trinajstić information content (AvgIpc) is 2.12. The van der Waals surface area contributed by atoms with Crippen molar-refractivity contribution in [1.82, 2.24) is 0 Å². The molecule has 16 heavy (non-hydrogen) atoms. The van der Waals surface area contributed by atoms with Crippen LogP contribution in [0.4, 0.5) is 0 Å². The molecule has 0 fully saturated rings. The molecule has 0 aromatic rings. The van der Waals surface area contributed by atoms with Crippen molar-refractivity contribution >= 4 is 17.8 Å². The molecule has 0 saturated carbocycles. The molecule has 0 aliphatic carbocycles. The highest BCUT2D eigenvalue weighted by Crippen LogP contribution is 2.10. The predicted molar refractivity (Wildman–Crippen MR) is 54.9 cm³/mol. The number of ether oxygens (including phenoxy) is 2. The Hall–Kier alpha value is -1.59. The molecule has 1 amide bonds. The lowest BCUT2D eigenvalue weighted by Crippen LogP contribution is -2.29. The number of hydrogen-bond donors (Lipinski definition) is 1. The Morgan fingerprint density at radius 1 is 1.12 bits per heavy atom. The molecule has 0 aromatic heterocycles. The van der Waals surface area contributed by atoms with E-state index in [1.807, 2.05) is 0 Å². The molecule has 1 unspecified atom stereocenters. The molecular weight excluding hydrogens is 214 g/mol. The molecule has 0 rings (SSSR count). The largest absolute Gasteiger partial charge is 0.425 e. The van der Waals surface area contributed by atoms with E-state index in [1.54, 1.807) is 13.8 Å². The standard InChI is InChI=1S/C10H17NO5/c1-6(2)10(15-7(3)12)16-9(14)5-4-8(11)13/h6,10H,4-5H2,1-3H3,(H2,11,13). The van der Waals surface area contributed by atoms with Gasteiger partial charge in [-0.3, -0.25) is 14.4 Å². The minimum absolute atomic E-state index is 0.0796. The summed E-state index contributed by atoms with van der Waals surface area (Å²) in [5.41, 5.74) is 4.88. The quantitative estimate of drug-likeness (QED) is 0.525. The Labute approximate surface area is 94.1 Å². The third-order valence-corrected chi connectivity index (χ3v) is 1.65. The highest BCUT2D eigenvalue weighted by molar-refractivity contribution is 5.80. The van der Waals surface area contributed by atoms with E-state index in [0.29, 0.717) is 0 Å². The van der Waals surface area contributed by atoms with Gasteiger partial charge in [0, 0.05) is 19.3 Å². The van der Waals surface area contributed by atoms with Crippen molar-refractivity contribution in [2.45, 2.75) is 39.9 Å². The van der Waals surface area contributed by atoms with Crippen molar-refractivity contribution in [3.8, 4) is 0 Å². The van der Waals surface area contributed by atoms with Crippen LogP contribution in [0.1, 0.15) is 33.6 Å². The van der Waals surface area contributed by atoms with E-state index in [4.69, 9.17) is 15.2 Å². The van der Waals surface area contributed by atoms with Gasteiger partial charge in [-0.15, -0.1) is 0 Å². The van der Waals surface area contributed by atoms with E-state index < -0.39 is 24.1 Å². The van der Waals surface area contributed by atoms with Crippen molar-refractivity contribution in [2.75, 3.05) is 0 Å². The number of hydrogen-bond acceptors (Lipinski definition) is 5. The molecule has 6 nitrogen and oxygen atoms in total. The Kier molecular flexibility index (Phi) is 6.14. The average molecular weight is 231 g/mol. The molecule has 6 heteroatoms. The van der Waals surface area contributed by atoms with Crippen LogP contribution in [0, 0.1) is 5.92 Å². The van der Waals surface area contributed by atoms with Crippen LogP contribution in [-0.2, 0) is 23.9 Å². The van der Waals surface area contributed by atoms with Gasteiger partial charge in [0.25, 0.3) is 0 Å². The molecule has 92 valence electrons. The summed E-state index contributed by atoms with van der Waals surface area (Å²) < 4.78 is 9.67. The van der Waals surface area contributed by atoms with Crippen LogP contribution in [0.3, 0.4) is 0 Å². The molecule has 0 heterocycles. The number of rotatable bonds is 6. The van der Waals surface area contributed by atoms with Gasteiger partial charge < -0.3 is 15.2 Å². The highest BCUT2D eigenvalue weighted by Gasteiger charge is 2.21. The molecule has 0 aromatic carbocycles. The molecular formula is C10H17NO5. The predicted octanol–water partition coefficient (Wildman–Crippen LogP) is 0.340. The van der Waals surface area contributed by atoms with Crippen LogP contribution < -0.4 is 5.73 Å². The first-order chi connectivity index (χ1) is 7.32. The molecule has 0 radical (unpaired) electrons. The lowest BCUT2D eigenvalue weighted by molar-refractivity contribution is -0.194. The van der Waals surface area contributed by atoms with Crippen molar-refractivity contribution in [3.63, 3.8) is 0 Å². The number of carbonyl (C=O) groups is 3. The zero-order valence-electron chi connectivity index (χ0n) is 9.69. The summed E-state index contributed by atoms with van der Waals surface area (Å²) in [7, 11) is 0. The first-order valence-electron chi connectivity index (χ1n) is 4.98. The van der Waals surface area contributed by atoms with Gasteiger partial charge in [-0.1, -0.05) is 13.8 Å². The number of nitrogens with two attached hydrogens (primary N) is 1. The Bertz CT molecular complexity index is 274. The van der Waals surface area contributed by atoms with Gasteiger partial charge in [0.05, 0.1) is 6.42 Å². The fourth-order valence-corrected chi connectivity index (χ4v) is 0.874. The summed E-state index contributed by atoms with van der Waals surface area (Å²) in [6, 6.07) is 0. The summed E-state index contributed by atoms with van der Waals surface area (Å²) in [5, 5.41) is 0. The lowest BCUT2D eigenvalue weighted by atomic mass is 10.2. The summed E-state index contributed by atoms with van der Waals surface area (Å²) in [5.74, 6) is -1.87.